The van der Waals surface area contributed by atoms with Crippen LogP contribution in [0.15, 0.2) is 64.9 Å². The SMILES string of the molecule is C=C(C)N=C(/C=C\C)CC1C=C(C)C=C(CC/C=C\C)CC1. The van der Waals surface area contributed by atoms with Crippen molar-refractivity contribution in [2.45, 2.75) is 59.8 Å². The minimum atomic E-state index is 0.574. The average molecular weight is 297 g/mol. The minimum Gasteiger partial charge on any atom is -0.259 e. The van der Waals surface area contributed by atoms with Crippen molar-refractivity contribution in [1.29, 1.82) is 0 Å². The highest BCUT2D eigenvalue weighted by Gasteiger charge is 2.13. The van der Waals surface area contributed by atoms with Crippen molar-refractivity contribution in [3.8, 4) is 0 Å². The molecule has 0 aromatic rings. The van der Waals surface area contributed by atoms with E-state index in [0.29, 0.717) is 5.92 Å². The molecule has 120 valence electrons. The van der Waals surface area contributed by atoms with Crippen LogP contribution in [-0.2, 0) is 0 Å². The van der Waals surface area contributed by atoms with Crippen LogP contribution in [-0.4, -0.2) is 5.71 Å². The molecular formula is C21H31N. The Bertz CT molecular complexity index is 512. The number of allylic oxidation sites excluding steroid dienone is 9. The van der Waals surface area contributed by atoms with E-state index in [1.807, 2.05) is 13.8 Å². The van der Waals surface area contributed by atoms with Crippen molar-refractivity contribution >= 4 is 5.71 Å². The smallest absolute Gasteiger partial charge is 0.0409 e. The van der Waals surface area contributed by atoms with E-state index in [-0.39, 0.29) is 0 Å². The fourth-order valence-electron chi connectivity index (χ4n) is 2.92. The lowest BCUT2D eigenvalue weighted by molar-refractivity contribution is 0.607. The highest BCUT2D eigenvalue weighted by molar-refractivity contribution is 5.95. The fraction of sp³-hybridized carbons (Fsp3) is 0.476. The molecule has 1 atom stereocenters. The van der Waals surface area contributed by atoms with Crippen LogP contribution in [0.3, 0.4) is 0 Å². The Morgan fingerprint density at radius 1 is 1.36 bits per heavy atom. The lowest BCUT2D eigenvalue weighted by Gasteiger charge is -2.12. The maximum atomic E-state index is 4.58. The number of hydrogen-bond donors (Lipinski definition) is 0. The highest BCUT2D eigenvalue weighted by Crippen LogP contribution is 2.27. The van der Waals surface area contributed by atoms with E-state index in [4.69, 9.17) is 0 Å². The number of aliphatic imine (C=N–C) groups is 1. The molecule has 0 N–H and O–H groups in total. The van der Waals surface area contributed by atoms with Gasteiger partial charge in [0.25, 0.3) is 0 Å². The molecule has 0 aromatic heterocycles. The molecular weight excluding hydrogens is 266 g/mol. The summed E-state index contributed by atoms with van der Waals surface area (Å²) in [5.74, 6) is 0.574. The fourth-order valence-corrected chi connectivity index (χ4v) is 2.92. The van der Waals surface area contributed by atoms with Gasteiger partial charge in [0, 0.05) is 11.4 Å². The van der Waals surface area contributed by atoms with Crippen molar-refractivity contribution in [2.75, 3.05) is 0 Å². The van der Waals surface area contributed by atoms with E-state index in [1.54, 1.807) is 5.57 Å². The molecule has 0 bridgehead atoms. The maximum absolute atomic E-state index is 4.58. The molecule has 0 spiro atoms. The second kappa shape index (κ2) is 10.2. The topological polar surface area (TPSA) is 12.4 Å². The van der Waals surface area contributed by atoms with Gasteiger partial charge in [0.2, 0.25) is 0 Å². The van der Waals surface area contributed by atoms with Crippen LogP contribution in [0.4, 0.5) is 0 Å². The monoisotopic (exact) mass is 297 g/mol. The van der Waals surface area contributed by atoms with Crippen LogP contribution in [0.25, 0.3) is 0 Å². The summed E-state index contributed by atoms with van der Waals surface area (Å²) < 4.78 is 0. The Morgan fingerprint density at radius 3 is 2.77 bits per heavy atom. The first-order valence-electron chi connectivity index (χ1n) is 8.40. The van der Waals surface area contributed by atoms with Crippen LogP contribution < -0.4 is 0 Å². The van der Waals surface area contributed by atoms with Crippen molar-refractivity contribution in [3.05, 3.63) is 59.9 Å². The average Bonchev–Trinajstić information content (AvgIpc) is 2.60. The Hall–Kier alpha value is -1.63. The zero-order chi connectivity index (χ0) is 16.4. The third-order valence-corrected chi connectivity index (χ3v) is 3.80. The van der Waals surface area contributed by atoms with Gasteiger partial charge in [0.05, 0.1) is 0 Å². The van der Waals surface area contributed by atoms with E-state index in [0.717, 1.165) is 24.3 Å². The first kappa shape index (κ1) is 18.4. The molecule has 1 rings (SSSR count). The van der Waals surface area contributed by atoms with E-state index >= 15 is 0 Å². The molecule has 1 unspecified atom stereocenters. The normalized spacial score (nSPS) is 20.2. The standard InChI is InChI=1S/C21H31N/c1-6-8-9-11-19-12-13-20(15-18(5)14-19)16-21(10-7-2)22-17(3)4/h6-8,10,14-15,20H,3,9,11-13,16H2,1-2,4-5H3/b8-6-,10-7-,22-21?. The molecule has 22 heavy (non-hydrogen) atoms. The predicted octanol–water partition coefficient (Wildman–Crippen LogP) is 6.57. The van der Waals surface area contributed by atoms with Gasteiger partial charge in [-0.2, -0.15) is 0 Å². The van der Waals surface area contributed by atoms with Gasteiger partial charge >= 0.3 is 0 Å². The molecule has 0 aromatic carbocycles. The maximum Gasteiger partial charge on any atom is 0.0409 e. The van der Waals surface area contributed by atoms with E-state index in [9.17, 15) is 0 Å². The quantitative estimate of drug-likeness (QED) is 0.372. The molecule has 1 aliphatic carbocycles. The van der Waals surface area contributed by atoms with Crippen LogP contribution in [0.1, 0.15) is 59.8 Å². The molecule has 0 fully saturated rings. The van der Waals surface area contributed by atoms with Crippen molar-refractivity contribution in [1.82, 2.24) is 0 Å². The van der Waals surface area contributed by atoms with E-state index in [1.165, 1.54) is 24.8 Å². The Balaban J connectivity index is 2.70. The van der Waals surface area contributed by atoms with Crippen LogP contribution >= 0.6 is 0 Å². The summed E-state index contributed by atoms with van der Waals surface area (Å²) in [6.45, 7) is 12.2. The number of nitrogens with zero attached hydrogens (tertiary/aromatic N) is 1. The lowest BCUT2D eigenvalue weighted by Crippen LogP contribution is -2.05. The van der Waals surface area contributed by atoms with Gasteiger partial charge in [-0.15, -0.1) is 0 Å². The third-order valence-electron chi connectivity index (χ3n) is 3.80. The van der Waals surface area contributed by atoms with Crippen LogP contribution in [0.5, 0.6) is 0 Å². The van der Waals surface area contributed by atoms with Crippen molar-refractivity contribution in [3.63, 3.8) is 0 Å². The summed E-state index contributed by atoms with van der Waals surface area (Å²) in [4.78, 5) is 4.58. The third kappa shape index (κ3) is 7.40. The zero-order valence-corrected chi connectivity index (χ0v) is 14.7. The van der Waals surface area contributed by atoms with Gasteiger partial charge in [-0.1, -0.05) is 48.1 Å². The summed E-state index contributed by atoms with van der Waals surface area (Å²) in [6, 6.07) is 0. The molecule has 0 saturated carbocycles. The van der Waals surface area contributed by atoms with Crippen LogP contribution in [0, 0.1) is 5.92 Å². The second-order valence-corrected chi connectivity index (χ2v) is 6.16. The van der Waals surface area contributed by atoms with E-state index < -0.39 is 0 Å². The molecule has 0 heterocycles. The number of rotatable bonds is 7. The molecule has 1 heteroatoms. The molecule has 0 aliphatic heterocycles. The molecule has 0 amide bonds. The predicted molar refractivity (Wildman–Crippen MR) is 100 cm³/mol. The first-order valence-corrected chi connectivity index (χ1v) is 8.40. The highest BCUT2D eigenvalue weighted by atomic mass is 14.7. The zero-order valence-electron chi connectivity index (χ0n) is 14.7. The molecule has 1 aliphatic rings. The van der Waals surface area contributed by atoms with Gasteiger partial charge in [-0.05, 0) is 71.8 Å². The summed E-state index contributed by atoms with van der Waals surface area (Å²) in [6.07, 6.45) is 19.1. The van der Waals surface area contributed by atoms with Gasteiger partial charge in [-0.3, -0.25) is 4.99 Å². The minimum absolute atomic E-state index is 0.574. The summed E-state index contributed by atoms with van der Waals surface area (Å²) in [7, 11) is 0. The summed E-state index contributed by atoms with van der Waals surface area (Å²) in [5, 5.41) is 0. The van der Waals surface area contributed by atoms with Crippen molar-refractivity contribution in [2.24, 2.45) is 10.9 Å². The van der Waals surface area contributed by atoms with Gasteiger partial charge < -0.3 is 0 Å². The molecule has 0 radical (unpaired) electrons. The van der Waals surface area contributed by atoms with Gasteiger partial charge in [-0.25, -0.2) is 0 Å². The molecule has 0 saturated heterocycles. The summed E-state index contributed by atoms with van der Waals surface area (Å²) in [5.41, 5.74) is 5.00. The number of hydrogen-bond acceptors (Lipinski definition) is 1. The van der Waals surface area contributed by atoms with Gasteiger partial charge in [0.1, 0.15) is 0 Å². The van der Waals surface area contributed by atoms with Crippen LogP contribution in [0.2, 0.25) is 0 Å². The molecule has 1 nitrogen and oxygen atoms in total. The van der Waals surface area contributed by atoms with Gasteiger partial charge in [0.15, 0.2) is 0 Å². The first-order chi connectivity index (χ1) is 10.5. The van der Waals surface area contributed by atoms with Crippen molar-refractivity contribution < 1.29 is 0 Å². The summed E-state index contributed by atoms with van der Waals surface area (Å²) >= 11 is 0. The van der Waals surface area contributed by atoms with E-state index in [2.05, 4.69) is 61.9 Å². The Kier molecular flexibility index (Phi) is 8.50. The lowest BCUT2D eigenvalue weighted by atomic mass is 9.94. The Labute approximate surface area is 136 Å². The largest absolute Gasteiger partial charge is 0.259 e. The Morgan fingerprint density at radius 2 is 2.14 bits per heavy atom. The second-order valence-electron chi connectivity index (χ2n) is 6.16.